The van der Waals surface area contributed by atoms with Crippen molar-refractivity contribution in [2.24, 2.45) is 0 Å². The second-order valence-corrected chi connectivity index (χ2v) is 11.0. The van der Waals surface area contributed by atoms with Gasteiger partial charge in [0.05, 0.1) is 20.0 Å². The Kier molecular flexibility index (Phi) is 6.05. The Morgan fingerprint density at radius 3 is 2.43 bits per heavy atom. The van der Waals surface area contributed by atoms with Crippen LogP contribution in [-0.2, 0) is 10.0 Å². The first-order valence-corrected chi connectivity index (χ1v) is 13.1. The molecule has 2 heterocycles. The predicted molar refractivity (Wildman–Crippen MR) is 134 cm³/mol. The van der Waals surface area contributed by atoms with E-state index in [1.165, 1.54) is 52.0 Å². The van der Waals surface area contributed by atoms with Crippen molar-refractivity contribution in [1.82, 2.24) is 9.29 Å². The van der Waals surface area contributed by atoms with Gasteiger partial charge in [0, 0.05) is 30.3 Å². The number of rotatable bonds is 6. The summed E-state index contributed by atoms with van der Waals surface area (Å²) in [7, 11) is -3.59. The molecule has 11 heteroatoms. The van der Waals surface area contributed by atoms with Crippen LogP contribution in [0, 0.1) is 10.1 Å². The Morgan fingerprint density at radius 2 is 1.74 bits per heavy atom. The van der Waals surface area contributed by atoms with E-state index in [-0.39, 0.29) is 21.8 Å². The standard InChI is InChI=1S/C24H20N4O5S2/c29-23(16-7-10-18(11-8-16)35(32,33)27-13-3-4-14-27)25-19-12-9-17(15-21(19)28(30)31)24-26-20-5-1-2-6-22(20)34-24/h1-2,5-12,15H,3-4,13-14H2,(H,25,29). The van der Waals surface area contributed by atoms with Gasteiger partial charge in [-0.1, -0.05) is 12.1 Å². The van der Waals surface area contributed by atoms with E-state index in [0.29, 0.717) is 23.7 Å². The zero-order chi connectivity index (χ0) is 24.6. The lowest BCUT2D eigenvalue weighted by Gasteiger charge is -2.15. The summed E-state index contributed by atoms with van der Waals surface area (Å²) in [6.45, 7) is 0.975. The minimum absolute atomic E-state index is 0.0404. The van der Waals surface area contributed by atoms with Crippen LogP contribution in [0.25, 0.3) is 20.8 Å². The Bertz CT molecular complexity index is 1510. The molecule has 0 saturated carbocycles. The number of hydrogen-bond donors (Lipinski definition) is 1. The Balaban J connectivity index is 1.38. The van der Waals surface area contributed by atoms with Crippen LogP contribution >= 0.6 is 11.3 Å². The fraction of sp³-hybridized carbons (Fsp3) is 0.167. The predicted octanol–water partition coefficient (Wildman–Crippen LogP) is 4.91. The van der Waals surface area contributed by atoms with Crippen LogP contribution < -0.4 is 5.32 Å². The lowest BCUT2D eigenvalue weighted by molar-refractivity contribution is -0.383. The average Bonchev–Trinajstić information content (AvgIpc) is 3.55. The maximum absolute atomic E-state index is 12.8. The van der Waals surface area contributed by atoms with Crippen LogP contribution in [0.3, 0.4) is 0 Å². The zero-order valence-electron chi connectivity index (χ0n) is 18.4. The van der Waals surface area contributed by atoms with Crippen LogP contribution in [0.5, 0.6) is 0 Å². The summed E-state index contributed by atoms with van der Waals surface area (Å²) in [6, 6.07) is 17.7. The number of benzene rings is 3. The van der Waals surface area contributed by atoms with Crippen molar-refractivity contribution < 1.29 is 18.1 Å². The number of para-hydroxylation sites is 1. The lowest BCUT2D eigenvalue weighted by atomic mass is 10.1. The van der Waals surface area contributed by atoms with E-state index < -0.39 is 20.9 Å². The van der Waals surface area contributed by atoms with E-state index in [9.17, 15) is 23.3 Å². The van der Waals surface area contributed by atoms with Gasteiger partial charge in [-0.3, -0.25) is 14.9 Å². The molecule has 1 fully saturated rings. The van der Waals surface area contributed by atoms with Gasteiger partial charge >= 0.3 is 0 Å². The number of hydrogen-bond acceptors (Lipinski definition) is 7. The Labute approximate surface area is 205 Å². The molecule has 5 rings (SSSR count). The molecule has 0 spiro atoms. The molecule has 0 bridgehead atoms. The number of carbonyl (C=O) groups excluding carboxylic acids is 1. The molecule has 35 heavy (non-hydrogen) atoms. The first kappa shape index (κ1) is 23.1. The van der Waals surface area contributed by atoms with E-state index in [0.717, 1.165) is 23.1 Å². The number of nitro benzene ring substituents is 1. The highest BCUT2D eigenvalue weighted by Gasteiger charge is 2.27. The molecule has 0 aliphatic carbocycles. The number of fused-ring (bicyclic) bond motifs is 1. The van der Waals surface area contributed by atoms with Crippen LogP contribution in [0.2, 0.25) is 0 Å². The molecule has 1 N–H and O–H groups in total. The number of amides is 1. The molecule has 9 nitrogen and oxygen atoms in total. The monoisotopic (exact) mass is 508 g/mol. The third kappa shape index (κ3) is 4.53. The Morgan fingerprint density at radius 1 is 1.03 bits per heavy atom. The van der Waals surface area contributed by atoms with E-state index >= 15 is 0 Å². The maximum atomic E-state index is 12.8. The van der Waals surface area contributed by atoms with Crippen molar-refractivity contribution in [3.05, 3.63) is 82.4 Å². The quantitative estimate of drug-likeness (QED) is 0.292. The molecule has 3 aromatic carbocycles. The summed E-state index contributed by atoms with van der Waals surface area (Å²) in [5.74, 6) is -0.578. The minimum Gasteiger partial charge on any atom is -0.316 e. The van der Waals surface area contributed by atoms with Crippen molar-refractivity contribution in [1.29, 1.82) is 0 Å². The van der Waals surface area contributed by atoms with Crippen molar-refractivity contribution >= 4 is 48.9 Å². The molecule has 0 unspecified atom stereocenters. The first-order valence-electron chi connectivity index (χ1n) is 10.9. The molecule has 1 aliphatic rings. The number of thiazole rings is 1. The molecule has 178 valence electrons. The number of carbonyl (C=O) groups is 1. The molecule has 0 radical (unpaired) electrons. The maximum Gasteiger partial charge on any atom is 0.293 e. The van der Waals surface area contributed by atoms with Gasteiger partial charge in [0.25, 0.3) is 11.6 Å². The second kappa shape index (κ2) is 9.17. The van der Waals surface area contributed by atoms with Gasteiger partial charge in [0.15, 0.2) is 0 Å². The van der Waals surface area contributed by atoms with E-state index in [1.807, 2.05) is 24.3 Å². The van der Waals surface area contributed by atoms with Crippen molar-refractivity contribution in [2.45, 2.75) is 17.7 Å². The third-order valence-electron chi connectivity index (χ3n) is 5.80. The highest BCUT2D eigenvalue weighted by Crippen LogP contribution is 2.35. The first-order chi connectivity index (χ1) is 16.8. The SMILES string of the molecule is O=C(Nc1ccc(-c2nc3ccccc3s2)cc1[N+](=O)[O-])c1ccc(S(=O)(=O)N2CCCC2)cc1. The smallest absolute Gasteiger partial charge is 0.293 e. The minimum atomic E-state index is -3.59. The average molecular weight is 509 g/mol. The van der Waals surface area contributed by atoms with Gasteiger partial charge in [-0.15, -0.1) is 11.3 Å². The fourth-order valence-electron chi connectivity index (χ4n) is 3.97. The van der Waals surface area contributed by atoms with Gasteiger partial charge < -0.3 is 5.32 Å². The van der Waals surface area contributed by atoms with Crippen LogP contribution in [-0.4, -0.2) is 41.6 Å². The molecule has 1 saturated heterocycles. The number of nitro groups is 1. The van der Waals surface area contributed by atoms with E-state index in [1.54, 1.807) is 6.07 Å². The summed E-state index contributed by atoms with van der Waals surface area (Å²) in [5.41, 5.74) is 1.35. The summed E-state index contributed by atoms with van der Waals surface area (Å²) in [6.07, 6.45) is 1.66. The lowest BCUT2D eigenvalue weighted by Crippen LogP contribution is -2.27. The number of nitrogens with one attached hydrogen (secondary N) is 1. The zero-order valence-corrected chi connectivity index (χ0v) is 20.0. The van der Waals surface area contributed by atoms with Gasteiger partial charge in [-0.25, -0.2) is 13.4 Å². The largest absolute Gasteiger partial charge is 0.316 e. The van der Waals surface area contributed by atoms with E-state index in [2.05, 4.69) is 10.3 Å². The van der Waals surface area contributed by atoms with Crippen LogP contribution in [0.15, 0.2) is 71.6 Å². The summed E-state index contributed by atoms with van der Waals surface area (Å²) in [4.78, 5) is 28.6. The highest BCUT2D eigenvalue weighted by atomic mass is 32.2. The third-order valence-corrected chi connectivity index (χ3v) is 8.80. The molecule has 1 aromatic heterocycles. The van der Waals surface area contributed by atoms with E-state index in [4.69, 9.17) is 0 Å². The van der Waals surface area contributed by atoms with Gasteiger partial charge in [0.1, 0.15) is 10.7 Å². The number of anilines is 1. The highest BCUT2D eigenvalue weighted by molar-refractivity contribution is 7.89. The van der Waals surface area contributed by atoms with Crippen molar-refractivity contribution in [2.75, 3.05) is 18.4 Å². The molecule has 1 amide bonds. The van der Waals surface area contributed by atoms with Crippen molar-refractivity contribution in [3.63, 3.8) is 0 Å². The van der Waals surface area contributed by atoms with Crippen molar-refractivity contribution in [3.8, 4) is 10.6 Å². The molecule has 4 aromatic rings. The molecule has 0 atom stereocenters. The summed E-state index contributed by atoms with van der Waals surface area (Å²) in [5, 5.41) is 15.0. The number of nitrogens with zero attached hydrogens (tertiary/aromatic N) is 3. The second-order valence-electron chi connectivity index (χ2n) is 8.07. The number of sulfonamides is 1. The molecular formula is C24H20N4O5S2. The fourth-order valence-corrected chi connectivity index (χ4v) is 6.45. The number of aromatic nitrogens is 1. The summed E-state index contributed by atoms with van der Waals surface area (Å²) < 4.78 is 27.8. The summed E-state index contributed by atoms with van der Waals surface area (Å²) >= 11 is 1.43. The normalized spacial score (nSPS) is 14.3. The Hall–Kier alpha value is -3.67. The topological polar surface area (TPSA) is 123 Å². The van der Waals surface area contributed by atoms with Crippen LogP contribution in [0.4, 0.5) is 11.4 Å². The van der Waals surface area contributed by atoms with Crippen LogP contribution in [0.1, 0.15) is 23.2 Å². The molecular weight excluding hydrogens is 488 g/mol. The van der Waals surface area contributed by atoms with Gasteiger partial charge in [-0.05, 0) is 61.4 Å². The molecule has 1 aliphatic heterocycles. The van der Waals surface area contributed by atoms with Gasteiger partial charge in [0.2, 0.25) is 10.0 Å². The van der Waals surface area contributed by atoms with Gasteiger partial charge in [-0.2, -0.15) is 4.31 Å².